The van der Waals surface area contributed by atoms with Gasteiger partial charge in [0.15, 0.2) is 0 Å². The second-order valence-corrected chi connectivity index (χ2v) is 5.04. The third-order valence-corrected chi connectivity index (χ3v) is 3.74. The van der Waals surface area contributed by atoms with Crippen molar-refractivity contribution >= 4 is 5.91 Å². The minimum Gasteiger partial charge on any atom is -0.496 e. The Bertz CT molecular complexity index is 657. The Morgan fingerprint density at radius 3 is 2.32 bits per heavy atom. The van der Waals surface area contributed by atoms with Gasteiger partial charge in [0.25, 0.3) is 5.91 Å². The van der Waals surface area contributed by atoms with Gasteiger partial charge in [-0.1, -0.05) is 6.07 Å². The van der Waals surface area contributed by atoms with Crippen LogP contribution in [-0.4, -0.2) is 29.9 Å². The quantitative estimate of drug-likeness (QED) is 0.920. The fraction of sp³-hybridized carbons (Fsp3) is 0.375. The zero-order valence-electron chi connectivity index (χ0n) is 13.5. The lowest BCUT2D eigenvalue weighted by Gasteiger charge is -2.17. The molecule has 6 heteroatoms. The minimum atomic E-state index is -0.245. The van der Waals surface area contributed by atoms with Gasteiger partial charge in [0, 0.05) is 18.3 Å². The van der Waals surface area contributed by atoms with Crippen LogP contribution in [0, 0.1) is 6.92 Å². The van der Waals surface area contributed by atoms with Crippen molar-refractivity contribution in [2.24, 2.45) is 7.05 Å². The molecule has 1 aromatic heterocycles. The van der Waals surface area contributed by atoms with E-state index in [0.29, 0.717) is 17.1 Å². The molecular weight excluding hydrogens is 282 g/mol. The number of carbonyl (C=O) groups is 1. The summed E-state index contributed by atoms with van der Waals surface area (Å²) in [5, 5.41) is 7.16. The average molecular weight is 303 g/mol. The summed E-state index contributed by atoms with van der Waals surface area (Å²) in [6.07, 6.45) is 1.76. The van der Waals surface area contributed by atoms with Crippen molar-refractivity contribution in [2.45, 2.75) is 19.9 Å². The Hall–Kier alpha value is -2.50. The first-order valence-electron chi connectivity index (χ1n) is 7.00. The highest BCUT2D eigenvalue weighted by Crippen LogP contribution is 2.29. The van der Waals surface area contributed by atoms with Crippen molar-refractivity contribution in [3.63, 3.8) is 0 Å². The number of hydrogen-bond donors (Lipinski definition) is 1. The average Bonchev–Trinajstić information content (AvgIpc) is 2.85. The van der Waals surface area contributed by atoms with Crippen molar-refractivity contribution in [3.05, 3.63) is 41.2 Å². The highest BCUT2D eigenvalue weighted by atomic mass is 16.5. The van der Waals surface area contributed by atoms with Gasteiger partial charge >= 0.3 is 0 Å². The highest BCUT2D eigenvalue weighted by Gasteiger charge is 2.21. The molecule has 0 spiro atoms. The summed E-state index contributed by atoms with van der Waals surface area (Å²) >= 11 is 0. The molecule has 6 nitrogen and oxygen atoms in total. The predicted octanol–water partition coefficient (Wildman–Crippen LogP) is 2.24. The molecule has 1 atom stereocenters. The molecule has 0 aliphatic rings. The number of carbonyl (C=O) groups excluding carboxylic acids is 1. The van der Waals surface area contributed by atoms with Gasteiger partial charge in [-0.2, -0.15) is 5.10 Å². The van der Waals surface area contributed by atoms with Crippen LogP contribution in [0.25, 0.3) is 0 Å². The maximum absolute atomic E-state index is 12.6. The zero-order valence-corrected chi connectivity index (χ0v) is 13.5. The summed E-state index contributed by atoms with van der Waals surface area (Å²) in [4.78, 5) is 12.6. The Labute approximate surface area is 130 Å². The molecule has 2 rings (SSSR count). The summed E-state index contributed by atoms with van der Waals surface area (Å²) in [6, 6.07) is 5.08. The van der Waals surface area contributed by atoms with Crippen molar-refractivity contribution in [1.82, 2.24) is 15.1 Å². The molecule has 2 aromatic rings. The Morgan fingerprint density at radius 1 is 1.27 bits per heavy atom. The first-order valence-corrected chi connectivity index (χ1v) is 7.00. The number of benzene rings is 1. The summed E-state index contributed by atoms with van der Waals surface area (Å²) in [6.45, 7) is 3.89. The van der Waals surface area contributed by atoms with E-state index < -0.39 is 0 Å². The van der Waals surface area contributed by atoms with E-state index in [1.165, 1.54) is 14.2 Å². The fourth-order valence-electron chi connectivity index (χ4n) is 2.36. The second-order valence-electron chi connectivity index (χ2n) is 5.04. The molecule has 0 saturated carbocycles. The molecule has 0 radical (unpaired) electrons. The number of aromatic nitrogens is 2. The number of nitrogens with one attached hydrogen (secondary N) is 1. The predicted molar refractivity (Wildman–Crippen MR) is 83.4 cm³/mol. The standard InChI is InChI=1S/C16H21N3O3/c1-10(12-9-17-19(3)11(12)2)18-16(20)15-13(21-4)7-6-8-14(15)22-5/h6-10H,1-5H3,(H,18,20). The Kier molecular flexibility index (Phi) is 4.70. The number of hydrogen-bond acceptors (Lipinski definition) is 4. The molecule has 0 aliphatic heterocycles. The first-order chi connectivity index (χ1) is 10.5. The molecule has 1 amide bonds. The largest absolute Gasteiger partial charge is 0.496 e. The van der Waals surface area contributed by atoms with E-state index in [0.717, 1.165) is 11.3 Å². The third kappa shape index (κ3) is 2.90. The molecule has 0 fully saturated rings. The molecule has 0 saturated heterocycles. The normalized spacial score (nSPS) is 11.9. The van der Waals surface area contributed by atoms with Crippen LogP contribution in [0.3, 0.4) is 0 Å². The molecule has 1 heterocycles. The summed E-state index contributed by atoms with van der Waals surface area (Å²) in [5.74, 6) is 0.712. The van der Waals surface area contributed by atoms with Crippen LogP contribution < -0.4 is 14.8 Å². The summed E-state index contributed by atoms with van der Waals surface area (Å²) < 4.78 is 12.3. The molecule has 1 unspecified atom stereocenters. The lowest BCUT2D eigenvalue weighted by Crippen LogP contribution is -2.27. The highest BCUT2D eigenvalue weighted by molar-refractivity contribution is 5.99. The van der Waals surface area contributed by atoms with Crippen LogP contribution >= 0.6 is 0 Å². The third-order valence-electron chi connectivity index (χ3n) is 3.74. The van der Waals surface area contributed by atoms with Crippen LogP contribution in [-0.2, 0) is 7.05 Å². The number of ether oxygens (including phenoxy) is 2. The molecule has 22 heavy (non-hydrogen) atoms. The van der Waals surface area contributed by atoms with Crippen molar-refractivity contribution in [1.29, 1.82) is 0 Å². The van der Waals surface area contributed by atoms with E-state index in [-0.39, 0.29) is 11.9 Å². The molecule has 1 N–H and O–H groups in total. The van der Waals surface area contributed by atoms with Gasteiger partial charge in [-0.25, -0.2) is 0 Å². The molecule has 0 aliphatic carbocycles. The van der Waals surface area contributed by atoms with E-state index in [2.05, 4.69) is 10.4 Å². The van der Waals surface area contributed by atoms with E-state index in [1.807, 2.05) is 20.9 Å². The Morgan fingerprint density at radius 2 is 1.86 bits per heavy atom. The van der Waals surface area contributed by atoms with E-state index in [1.54, 1.807) is 29.1 Å². The summed E-state index contributed by atoms with van der Waals surface area (Å²) in [5.41, 5.74) is 2.38. The van der Waals surface area contributed by atoms with Gasteiger partial charge in [-0.05, 0) is 26.0 Å². The molecular formula is C16H21N3O3. The van der Waals surface area contributed by atoms with Crippen LogP contribution in [0.15, 0.2) is 24.4 Å². The van der Waals surface area contributed by atoms with Crippen LogP contribution in [0.5, 0.6) is 11.5 Å². The minimum absolute atomic E-state index is 0.171. The van der Waals surface area contributed by atoms with Gasteiger partial charge in [-0.3, -0.25) is 9.48 Å². The lowest BCUT2D eigenvalue weighted by atomic mass is 10.1. The molecule has 1 aromatic carbocycles. The van der Waals surface area contributed by atoms with Gasteiger partial charge in [0.2, 0.25) is 0 Å². The van der Waals surface area contributed by atoms with E-state index in [4.69, 9.17) is 9.47 Å². The van der Waals surface area contributed by atoms with Crippen LogP contribution in [0.4, 0.5) is 0 Å². The first kappa shape index (κ1) is 15.9. The molecule has 0 bridgehead atoms. The number of amides is 1. The zero-order chi connectivity index (χ0) is 16.3. The monoisotopic (exact) mass is 303 g/mol. The SMILES string of the molecule is COc1cccc(OC)c1C(=O)NC(C)c1cnn(C)c1C. The van der Waals surface area contributed by atoms with Gasteiger partial charge in [-0.15, -0.1) is 0 Å². The topological polar surface area (TPSA) is 65.4 Å². The number of aryl methyl sites for hydroxylation is 1. The van der Waals surface area contributed by atoms with Crippen molar-refractivity contribution < 1.29 is 14.3 Å². The number of nitrogens with zero attached hydrogens (tertiary/aromatic N) is 2. The van der Waals surface area contributed by atoms with Gasteiger partial charge in [0.1, 0.15) is 17.1 Å². The maximum Gasteiger partial charge on any atom is 0.259 e. The van der Waals surface area contributed by atoms with Gasteiger partial charge in [0.05, 0.1) is 26.5 Å². The lowest BCUT2D eigenvalue weighted by molar-refractivity contribution is 0.0933. The van der Waals surface area contributed by atoms with E-state index in [9.17, 15) is 4.79 Å². The van der Waals surface area contributed by atoms with Crippen molar-refractivity contribution in [3.8, 4) is 11.5 Å². The molecule has 118 valence electrons. The van der Waals surface area contributed by atoms with Crippen molar-refractivity contribution in [2.75, 3.05) is 14.2 Å². The number of rotatable bonds is 5. The van der Waals surface area contributed by atoms with Crippen LogP contribution in [0.2, 0.25) is 0 Å². The summed E-state index contributed by atoms with van der Waals surface area (Å²) in [7, 11) is 4.93. The van der Waals surface area contributed by atoms with E-state index >= 15 is 0 Å². The maximum atomic E-state index is 12.6. The number of methoxy groups -OCH3 is 2. The fourth-order valence-corrected chi connectivity index (χ4v) is 2.36. The van der Waals surface area contributed by atoms with Gasteiger partial charge < -0.3 is 14.8 Å². The second kappa shape index (κ2) is 6.51. The smallest absolute Gasteiger partial charge is 0.259 e. The van der Waals surface area contributed by atoms with Crippen LogP contribution in [0.1, 0.15) is 34.6 Å². The Balaban J connectivity index is 2.28.